The van der Waals surface area contributed by atoms with Crippen LogP contribution in [0.25, 0.3) is 22.1 Å². The maximum absolute atomic E-state index is 13.6. The molecular weight excluding hydrogens is 418 g/mol. The lowest BCUT2D eigenvalue weighted by atomic mass is 10.0. The van der Waals surface area contributed by atoms with Crippen molar-refractivity contribution in [2.24, 2.45) is 11.6 Å². The van der Waals surface area contributed by atoms with Gasteiger partial charge in [-0.3, -0.25) is 0 Å². The number of hydrazine groups is 1. The Hall–Kier alpha value is -3.37. The fraction of sp³-hybridized carbons (Fsp3) is 0.190. The van der Waals surface area contributed by atoms with Gasteiger partial charge in [0.1, 0.15) is 11.4 Å². The smallest absolute Gasteiger partial charge is 0.422 e. The van der Waals surface area contributed by atoms with Crippen molar-refractivity contribution in [1.29, 1.82) is 0 Å². The molecule has 0 amide bonds. The normalized spacial score (nSPS) is 14.5. The number of hydrogen-bond acceptors (Lipinski definition) is 6. The van der Waals surface area contributed by atoms with Crippen LogP contribution in [0, 0.1) is 5.82 Å². The Morgan fingerprint density at radius 1 is 1.19 bits per heavy atom. The van der Waals surface area contributed by atoms with E-state index >= 15 is 0 Å². The molecule has 0 aliphatic carbocycles. The summed E-state index contributed by atoms with van der Waals surface area (Å²) in [5, 5.41) is 11.0. The van der Waals surface area contributed by atoms with Gasteiger partial charge in [-0.2, -0.15) is 13.2 Å². The van der Waals surface area contributed by atoms with Gasteiger partial charge in [0.05, 0.1) is 12.2 Å². The van der Waals surface area contributed by atoms with Gasteiger partial charge in [0, 0.05) is 17.7 Å². The quantitative estimate of drug-likeness (QED) is 0.245. The van der Waals surface area contributed by atoms with Crippen molar-refractivity contribution >= 4 is 11.0 Å². The third kappa shape index (κ3) is 4.70. The van der Waals surface area contributed by atoms with Crippen LogP contribution >= 0.6 is 0 Å². The third-order valence-corrected chi connectivity index (χ3v) is 4.73. The van der Waals surface area contributed by atoms with E-state index in [1.165, 1.54) is 30.3 Å². The fourth-order valence-electron chi connectivity index (χ4n) is 2.92. The number of benzene rings is 2. The molecular formula is C21H19F4N3O3. The molecule has 0 spiro atoms. The first-order chi connectivity index (χ1) is 14.4. The molecule has 0 radical (unpaired) electrons. The van der Waals surface area contributed by atoms with E-state index in [-0.39, 0.29) is 12.1 Å². The Morgan fingerprint density at radius 3 is 2.55 bits per heavy atom. The first-order valence-corrected chi connectivity index (χ1v) is 8.99. The minimum Gasteiger partial charge on any atom is -0.423 e. The highest BCUT2D eigenvalue weighted by Gasteiger charge is 2.52. The zero-order chi connectivity index (χ0) is 23.0. The van der Waals surface area contributed by atoms with Crippen LogP contribution in [0.4, 0.5) is 17.6 Å². The Bertz CT molecular complexity index is 1200. The standard InChI is InChI=1S/C21H19F4N3O3/c1-20(30,21(23,24)25)18(26)11-28(27)10-12-5-6-15-16(9-19(29)31-17(15)7-12)13-3-2-4-14(22)8-13/h2-9,11,30H,10,26-27H2,1H3/b18-11-. The molecule has 3 rings (SSSR count). The van der Waals surface area contributed by atoms with Crippen LogP contribution in [0.5, 0.6) is 0 Å². The predicted molar refractivity (Wildman–Crippen MR) is 107 cm³/mol. The van der Waals surface area contributed by atoms with E-state index < -0.39 is 28.9 Å². The summed E-state index contributed by atoms with van der Waals surface area (Å²) in [4.78, 5) is 12.0. The summed E-state index contributed by atoms with van der Waals surface area (Å²) in [5.74, 6) is 5.26. The van der Waals surface area contributed by atoms with Crippen molar-refractivity contribution in [1.82, 2.24) is 5.01 Å². The maximum Gasteiger partial charge on any atom is 0.422 e. The van der Waals surface area contributed by atoms with E-state index in [1.807, 2.05) is 0 Å². The largest absolute Gasteiger partial charge is 0.423 e. The van der Waals surface area contributed by atoms with Gasteiger partial charge < -0.3 is 20.3 Å². The molecule has 6 nitrogen and oxygen atoms in total. The molecule has 0 fully saturated rings. The molecule has 0 saturated heterocycles. The van der Waals surface area contributed by atoms with Gasteiger partial charge in [0.15, 0.2) is 5.60 Å². The van der Waals surface area contributed by atoms with Crippen molar-refractivity contribution in [3.8, 4) is 11.1 Å². The van der Waals surface area contributed by atoms with Gasteiger partial charge in [-0.15, -0.1) is 0 Å². The van der Waals surface area contributed by atoms with Crippen molar-refractivity contribution in [2.75, 3.05) is 0 Å². The molecule has 1 heterocycles. The molecule has 5 N–H and O–H groups in total. The number of halogens is 4. The zero-order valence-corrected chi connectivity index (χ0v) is 16.3. The van der Waals surface area contributed by atoms with Crippen molar-refractivity contribution in [3.05, 3.63) is 82.2 Å². The summed E-state index contributed by atoms with van der Waals surface area (Å²) in [6.07, 6.45) is -4.20. The summed E-state index contributed by atoms with van der Waals surface area (Å²) in [5.41, 5.74) is 2.22. The number of hydrogen-bond donors (Lipinski definition) is 3. The number of nitrogens with zero attached hydrogens (tertiary/aromatic N) is 1. The van der Waals surface area contributed by atoms with Gasteiger partial charge >= 0.3 is 11.8 Å². The highest BCUT2D eigenvalue weighted by Crippen LogP contribution is 2.34. The molecule has 10 heteroatoms. The second kappa shape index (κ2) is 8.05. The van der Waals surface area contributed by atoms with Gasteiger partial charge in [-0.05, 0) is 41.8 Å². The minimum absolute atomic E-state index is 0.0987. The van der Waals surface area contributed by atoms with Crippen LogP contribution in [0.15, 0.2) is 69.6 Å². The van der Waals surface area contributed by atoms with E-state index in [1.54, 1.807) is 18.2 Å². The van der Waals surface area contributed by atoms with Crippen LogP contribution in [-0.2, 0) is 6.54 Å². The average Bonchev–Trinajstić information content (AvgIpc) is 2.66. The van der Waals surface area contributed by atoms with E-state index in [0.29, 0.717) is 29.0 Å². The molecule has 0 saturated carbocycles. The van der Waals surface area contributed by atoms with Gasteiger partial charge in [-0.25, -0.2) is 15.0 Å². The van der Waals surface area contributed by atoms with E-state index in [9.17, 15) is 27.5 Å². The van der Waals surface area contributed by atoms with Crippen LogP contribution in [0.2, 0.25) is 0 Å². The molecule has 31 heavy (non-hydrogen) atoms. The van der Waals surface area contributed by atoms with Crippen molar-refractivity contribution in [3.63, 3.8) is 0 Å². The van der Waals surface area contributed by atoms with Gasteiger partial charge in [-0.1, -0.05) is 24.3 Å². The van der Waals surface area contributed by atoms with Crippen molar-refractivity contribution in [2.45, 2.75) is 25.2 Å². The number of nitrogens with two attached hydrogens (primary N) is 2. The van der Waals surface area contributed by atoms with Crippen molar-refractivity contribution < 1.29 is 27.1 Å². The fourth-order valence-corrected chi connectivity index (χ4v) is 2.92. The zero-order valence-electron chi connectivity index (χ0n) is 16.3. The lowest BCUT2D eigenvalue weighted by Gasteiger charge is -2.28. The molecule has 2 aromatic carbocycles. The second-order valence-corrected chi connectivity index (χ2v) is 7.15. The Balaban J connectivity index is 1.93. The average molecular weight is 437 g/mol. The first kappa shape index (κ1) is 22.3. The summed E-state index contributed by atoms with van der Waals surface area (Å²) in [6.45, 7) is 0.420. The number of aliphatic hydroxyl groups is 1. The Morgan fingerprint density at radius 2 is 1.90 bits per heavy atom. The highest BCUT2D eigenvalue weighted by molar-refractivity contribution is 5.93. The summed E-state index contributed by atoms with van der Waals surface area (Å²) >= 11 is 0. The molecule has 0 bridgehead atoms. The van der Waals surface area contributed by atoms with Crippen LogP contribution < -0.4 is 17.2 Å². The molecule has 1 unspecified atom stereocenters. The Kier molecular flexibility index (Phi) is 5.79. The minimum atomic E-state index is -4.98. The SMILES string of the molecule is CC(O)(/C(N)=C/N(N)Cc1ccc2c(-c3cccc(F)c3)cc(=O)oc2c1)C(F)(F)F. The third-order valence-electron chi connectivity index (χ3n) is 4.73. The molecule has 1 aromatic heterocycles. The number of alkyl halides is 3. The van der Waals surface area contributed by atoms with E-state index in [2.05, 4.69) is 0 Å². The van der Waals surface area contributed by atoms with E-state index in [4.69, 9.17) is 16.0 Å². The van der Waals surface area contributed by atoms with Gasteiger partial charge in [0.25, 0.3) is 0 Å². The topological polar surface area (TPSA) is 106 Å². The summed E-state index contributed by atoms with van der Waals surface area (Å²) in [6, 6.07) is 11.7. The molecule has 0 aliphatic rings. The lowest BCUT2D eigenvalue weighted by Crippen LogP contribution is -2.47. The molecule has 3 aromatic rings. The van der Waals surface area contributed by atoms with Crippen LogP contribution in [-0.4, -0.2) is 21.9 Å². The lowest BCUT2D eigenvalue weighted by molar-refractivity contribution is -0.237. The van der Waals surface area contributed by atoms with E-state index in [0.717, 1.165) is 11.2 Å². The highest BCUT2D eigenvalue weighted by atomic mass is 19.4. The summed E-state index contributed by atoms with van der Waals surface area (Å²) in [7, 11) is 0. The number of fused-ring (bicyclic) bond motifs is 1. The predicted octanol–water partition coefficient (Wildman–Crippen LogP) is 3.39. The second-order valence-electron chi connectivity index (χ2n) is 7.15. The summed E-state index contributed by atoms with van der Waals surface area (Å²) < 4.78 is 57.5. The molecule has 0 aliphatic heterocycles. The molecule has 164 valence electrons. The maximum atomic E-state index is 13.6. The monoisotopic (exact) mass is 437 g/mol. The number of rotatable bonds is 5. The molecule has 1 atom stereocenters. The van der Waals surface area contributed by atoms with Crippen LogP contribution in [0.3, 0.4) is 0 Å². The van der Waals surface area contributed by atoms with Gasteiger partial charge in [0.2, 0.25) is 0 Å². The Labute approximate surface area is 174 Å². The first-order valence-electron chi connectivity index (χ1n) is 8.99. The van der Waals surface area contributed by atoms with Crippen LogP contribution in [0.1, 0.15) is 12.5 Å².